The number of fused-ring (bicyclic) bond motifs is 2. The first kappa shape index (κ1) is 19.9. The topological polar surface area (TPSA) is 89.2 Å². The van der Waals surface area contributed by atoms with Gasteiger partial charge in [0.25, 0.3) is 5.91 Å². The molecular formula is C26H22N4O2. The van der Waals surface area contributed by atoms with Gasteiger partial charge < -0.3 is 10.6 Å². The van der Waals surface area contributed by atoms with Gasteiger partial charge in [-0.25, -0.2) is 4.98 Å². The summed E-state index contributed by atoms with van der Waals surface area (Å²) in [6.45, 7) is 2.30. The van der Waals surface area contributed by atoms with Crippen LogP contribution in [0.3, 0.4) is 0 Å². The van der Waals surface area contributed by atoms with E-state index in [9.17, 15) is 9.59 Å². The van der Waals surface area contributed by atoms with Crippen molar-refractivity contribution in [3.05, 3.63) is 95.2 Å². The van der Waals surface area contributed by atoms with Crippen molar-refractivity contribution in [2.24, 2.45) is 5.73 Å². The van der Waals surface area contributed by atoms with Crippen molar-refractivity contribution in [3.8, 4) is 11.4 Å². The van der Waals surface area contributed by atoms with Crippen LogP contribution in [0.4, 0.5) is 0 Å². The summed E-state index contributed by atoms with van der Waals surface area (Å²) in [4.78, 5) is 37.0. The number of para-hydroxylation sites is 1. The molecule has 4 aromatic rings. The normalized spacial score (nSPS) is 15.4. The highest BCUT2D eigenvalue weighted by Crippen LogP contribution is 2.30. The Morgan fingerprint density at radius 3 is 2.50 bits per heavy atom. The van der Waals surface area contributed by atoms with Gasteiger partial charge in [-0.2, -0.15) is 0 Å². The molecule has 2 N–H and O–H groups in total. The van der Waals surface area contributed by atoms with Crippen molar-refractivity contribution in [2.75, 3.05) is 0 Å². The summed E-state index contributed by atoms with van der Waals surface area (Å²) in [5.74, 6) is -0.745. The first-order chi connectivity index (χ1) is 15.5. The lowest BCUT2D eigenvalue weighted by Crippen LogP contribution is -2.51. The highest BCUT2D eigenvalue weighted by atomic mass is 16.2. The monoisotopic (exact) mass is 422 g/mol. The summed E-state index contributed by atoms with van der Waals surface area (Å²) in [7, 11) is 0. The van der Waals surface area contributed by atoms with E-state index in [0.717, 1.165) is 27.6 Å². The summed E-state index contributed by atoms with van der Waals surface area (Å²) in [5.41, 5.74) is 11.3. The van der Waals surface area contributed by atoms with Gasteiger partial charge in [-0.3, -0.25) is 14.6 Å². The molecule has 0 bridgehead atoms. The number of aromatic nitrogens is 2. The van der Waals surface area contributed by atoms with E-state index in [1.165, 1.54) is 0 Å². The molecule has 0 saturated carbocycles. The molecule has 2 aromatic heterocycles. The Morgan fingerprint density at radius 2 is 1.75 bits per heavy atom. The van der Waals surface area contributed by atoms with Crippen molar-refractivity contribution in [1.82, 2.24) is 14.9 Å². The third-order valence-electron chi connectivity index (χ3n) is 6.04. The molecule has 158 valence electrons. The summed E-state index contributed by atoms with van der Waals surface area (Å²) >= 11 is 0. The van der Waals surface area contributed by atoms with Crippen LogP contribution in [0.2, 0.25) is 0 Å². The van der Waals surface area contributed by atoms with Gasteiger partial charge >= 0.3 is 0 Å². The van der Waals surface area contributed by atoms with Gasteiger partial charge in [0, 0.05) is 24.5 Å². The number of primary amides is 1. The Morgan fingerprint density at radius 1 is 0.969 bits per heavy atom. The summed E-state index contributed by atoms with van der Waals surface area (Å²) < 4.78 is 0. The van der Waals surface area contributed by atoms with Crippen LogP contribution in [-0.4, -0.2) is 32.7 Å². The first-order valence-corrected chi connectivity index (χ1v) is 10.5. The molecule has 0 fully saturated rings. The van der Waals surface area contributed by atoms with Crippen molar-refractivity contribution < 1.29 is 9.59 Å². The number of hydrogen-bond donors (Lipinski definition) is 1. The van der Waals surface area contributed by atoms with Crippen molar-refractivity contribution >= 4 is 22.7 Å². The SMILES string of the molecule is Cc1cccc2c(C(=O)N3Cc4ccccc4C[C@H]3C(N)=O)cc(-c3ccccn3)nc12. The maximum atomic E-state index is 13.9. The summed E-state index contributed by atoms with van der Waals surface area (Å²) in [5, 5.41) is 0.747. The van der Waals surface area contributed by atoms with Crippen LogP contribution < -0.4 is 5.73 Å². The van der Waals surface area contributed by atoms with E-state index in [1.54, 1.807) is 17.2 Å². The van der Waals surface area contributed by atoms with Crippen molar-refractivity contribution in [3.63, 3.8) is 0 Å². The molecule has 6 heteroatoms. The fourth-order valence-corrected chi connectivity index (χ4v) is 4.36. The second kappa shape index (κ2) is 7.89. The zero-order valence-electron chi connectivity index (χ0n) is 17.7. The average Bonchev–Trinajstić information content (AvgIpc) is 2.83. The van der Waals surface area contributed by atoms with Crippen molar-refractivity contribution in [2.45, 2.75) is 25.9 Å². The molecule has 0 saturated heterocycles. The summed E-state index contributed by atoms with van der Waals surface area (Å²) in [6.07, 6.45) is 2.11. The minimum Gasteiger partial charge on any atom is -0.368 e. The van der Waals surface area contributed by atoms with E-state index in [0.29, 0.717) is 29.9 Å². The van der Waals surface area contributed by atoms with Gasteiger partial charge in [0.15, 0.2) is 0 Å². The number of rotatable bonds is 3. The van der Waals surface area contributed by atoms with Gasteiger partial charge in [0.2, 0.25) is 5.91 Å². The maximum absolute atomic E-state index is 13.9. The Balaban J connectivity index is 1.67. The predicted octanol–water partition coefficient (Wildman–Crippen LogP) is 3.66. The molecule has 6 nitrogen and oxygen atoms in total. The highest BCUT2D eigenvalue weighted by Gasteiger charge is 2.34. The molecule has 0 spiro atoms. The number of hydrogen-bond acceptors (Lipinski definition) is 4. The van der Waals surface area contributed by atoms with E-state index in [-0.39, 0.29) is 5.91 Å². The number of aryl methyl sites for hydroxylation is 1. The molecule has 5 rings (SSSR count). The number of nitrogens with zero attached hydrogens (tertiary/aromatic N) is 3. The largest absolute Gasteiger partial charge is 0.368 e. The number of pyridine rings is 2. The fraction of sp³-hybridized carbons (Fsp3) is 0.154. The predicted molar refractivity (Wildman–Crippen MR) is 123 cm³/mol. The Kier molecular flexibility index (Phi) is 4.90. The van der Waals surface area contributed by atoms with Crippen LogP contribution in [0, 0.1) is 6.92 Å². The van der Waals surface area contributed by atoms with Gasteiger partial charge in [-0.1, -0.05) is 48.5 Å². The lowest BCUT2D eigenvalue weighted by atomic mass is 9.92. The van der Waals surface area contributed by atoms with Crippen molar-refractivity contribution in [1.29, 1.82) is 0 Å². The Bertz CT molecular complexity index is 1350. The molecule has 1 aliphatic heterocycles. The van der Waals surface area contributed by atoms with E-state index < -0.39 is 11.9 Å². The lowest BCUT2D eigenvalue weighted by molar-refractivity contribution is -0.122. The third-order valence-corrected chi connectivity index (χ3v) is 6.04. The van der Waals surface area contributed by atoms with Gasteiger partial charge in [-0.15, -0.1) is 0 Å². The zero-order chi connectivity index (χ0) is 22.2. The first-order valence-electron chi connectivity index (χ1n) is 10.5. The second-order valence-electron chi connectivity index (χ2n) is 8.07. The molecular weight excluding hydrogens is 400 g/mol. The zero-order valence-corrected chi connectivity index (χ0v) is 17.7. The number of nitrogens with two attached hydrogens (primary N) is 1. The van der Waals surface area contributed by atoms with E-state index in [2.05, 4.69) is 4.98 Å². The van der Waals surface area contributed by atoms with E-state index in [1.807, 2.05) is 67.6 Å². The van der Waals surface area contributed by atoms with Gasteiger partial charge in [0.05, 0.1) is 22.5 Å². The number of benzene rings is 2. The molecule has 2 amide bonds. The molecule has 0 aliphatic carbocycles. The second-order valence-corrected chi connectivity index (χ2v) is 8.07. The molecule has 0 unspecified atom stereocenters. The molecule has 32 heavy (non-hydrogen) atoms. The quantitative estimate of drug-likeness (QED) is 0.546. The van der Waals surface area contributed by atoms with Crippen LogP contribution in [0.25, 0.3) is 22.3 Å². The third kappa shape index (κ3) is 3.39. The van der Waals surface area contributed by atoms with Crippen LogP contribution in [0.5, 0.6) is 0 Å². The summed E-state index contributed by atoms with van der Waals surface area (Å²) in [6, 6.07) is 20.3. The standard InChI is InChI=1S/C26H22N4O2/c1-16-7-6-10-19-20(14-22(29-24(16)19)21-11-4-5-12-28-21)26(32)30-15-18-9-3-2-8-17(18)13-23(30)25(27)31/h2-12,14,23H,13,15H2,1H3,(H2,27,31)/t23-/m0/s1. The van der Waals surface area contributed by atoms with Crippen LogP contribution in [0.1, 0.15) is 27.0 Å². The van der Waals surface area contributed by atoms with Crippen LogP contribution in [-0.2, 0) is 17.8 Å². The average molecular weight is 422 g/mol. The molecule has 1 aliphatic rings. The highest BCUT2D eigenvalue weighted by molar-refractivity contribution is 6.09. The molecule has 3 heterocycles. The van der Waals surface area contributed by atoms with E-state index >= 15 is 0 Å². The maximum Gasteiger partial charge on any atom is 0.255 e. The molecule has 2 aromatic carbocycles. The van der Waals surface area contributed by atoms with Crippen LogP contribution in [0.15, 0.2) is 72.9 Å². The minimum absolute atomic E-state index is 0.238. The van der Waals surface area contributed by atoms with Crippen LogP contribution >= 0.6 is 0 Å². The minimum atomic E-state index is -0.705. The number of carbonyl (C=O) groups is 2. The smallest absolute Gasteiger partial charge is 0.255 e. The molecule has 0 radical (unpaired) electrons. The van der Waals surface area contributed by atoms with Gasteiger partial charge in [-0.05, 0) is 41.8 Å². The lowest BCUT2D eigenvalue weighted by Gasteiger charge is -2.35. The fourth-order valence-electron chi connectivity index (χ4n) is 4.36. The molecule has 1 atom stereocenters. The number of amides is 2. The Labute approximate surface area is 185 Å². The number of carbonyl (C=O) groups excluding carboxylic acids is 2. The van der Waals surface area contributed by atoms with E-state index in [4.69, 9.17) is 10.7 Å². The Hall–Kier alpha value is -4.06. The van der Waals surface area contributed by atoms with Gasteiger partial charge in [0.1, 0.15) is 6.04 Å².